The number of aromatic nitrogens is 6. The summed E-state index contributed by atoms with van der Waals surface area (Å²) in [6.07, 6.45) is 3.84. The zero-order chi connectivity index (χ0) is 28.7. The number of ether oxygens (including phenoxy) is 2. The highest BCUT2D eigenvalue weighted by atomic mass is 16.7. The van der Waals surface area contributed by atoms with Crippen molar-refractivity contribution in [3.8, 4) is 0 Å². The summed E-state index contributed by atoms with van der Waals surface area (Å²) in [7, 11) is 0. The average Bonchev–Trinajstić information content (AvgIpc) is 3.58. The van der Waals surface area contributed by atoms with E-state index < -0.39 is 30.5 Å². The number of aliphatic hydroxyl groups is 2. The monoisotopic (exact) mass is 562 g/mol. The number of benzene rings is 1. The maximum Gasteiger partial charge on any atom is 0.225 e. The molecule has 5 atom stereocenters. The maximum absolute atomic E-state index is 11.3. The fourth-order valence-corrected chi connectivity index (χ4v) is 6.65. The first-order valence-electron chi connectivity index (χ1n) is 14.4. The standard InChI is InChI=1S/C29H38N8O4/c1-28(2,3)16-6-7-18-19(11-16)35-21(34-18)8-5-15-9-17(10-15)37-12-20-24(41-29(37,4)39)23(38)27(40-20)36-14-33-22-25(30)31-13-32-26(22)36/h6-7,11,13-15,17,20,23-24,27,38-39H,5,8-10,12H2,1-4H3,(H,34,35)(H2,30,31,32)/t15?,17?,20-,23-,24-,27-,29?/m1/s1. The molecule has 12 heteroatoms. The van der Waals surface area contributed by atoms with Crippen molar-refractivity contribution in [1.82, 2.24) is 34.4 Å². The zero-order valence-corrected chi connectivity index (χ0v) is 23.9. The minimum atomic E-state index is -1.51. The molecule has 7 rings (SSSR count). The van der Waals surface area contributed by atoms with Crippen molar-refractivity contribution >= 4 is 28.0 Å². The molecule has 1 unspecified atom stereocenters. The van der Waals surface area contributed by atoms with E-state index in [4.69, 9.17) is 20.2 Å². The number of H-pyrrole nitrogens is 1. The van der Waals surface area contributed by atoms with Gasteiger partial charge in [0.05, 0.1) is 17.4 Å². The van der Waals surface area contributed by atoms with Gasteiger partial charge in [0.15, 0.2) is 17.7 Å². The molecule has 0 bridgehead atoms. The summed E-state index contributed by atoms with van der Waals surface area (Å²) in [5.74, 6) is 0.308. The lowest BCUT2D eigenvalue weighted by molar-refractivity contribution is -0.355. The molecular formula is C29H38N8O4. The van der Waals surface area contributed by atoms with Crippen LogP contribution >= 0.6 is 0 Å². The molecule has 4 aromatic rings. The van der Waals surface area contributed by atoms with Gasteiger partial charge in [-0.3, -0.25) is 4.57 Å². The fraction of sp³-hybridized carbons (Fsp3) is 0.586. The third kappa shape index (κ3) is 4.58. The highest BCUT2D eigenvalue weighted by Gasteiger charge is 2.56. The molecule has 3 aliphatic rings. The Morgan fingerprint density at radius 1 is 1.20 bits per heavy atom. The smallest absolute Gasteiger partial charge is 0.225 e. The van der Waals surface area contributed by atoms with Crippen molar-refractivity contribution < 1.29 is 19.7 Å². The lowest BCUT2D eigenvalue weighted by Gasteiger charge is -2.53. The predicted octanol–water partition coefficient (Wildman–Crippen LogP) is 2.62. The maximum atomic E-state index is 11.3. The first kappa shape index (κ1) is 26.7. The average molecular weight is 563 g/mol. The number of fused-ring (bicyclic) bond motifs is 3. The molecule has 1 aliphatic carbocycles. The normalized spacial score (nSPS) is 32.4. The summed E-state index contributed by atoms with van der Waals surface area (Å²) in [5, 5.41) is 22.4. The summed E-state index contributed by atoms with van der Waals surface area (Å²) in [6, 6.07) is 6.66. The molecule has 0 radical (unpaired) electrons. The summed E-state index contributed by atoms with van der Waals surface area (Å²) in [5.41, 5.74) is 10.3. The molecule has 0 spiro atoms. The Balaban J connectivity index is 0.983. The van der Waals surface area contributed by atoms with Crippen LogP contribution < -0.4 is 5.73 Å². The number of hydrogen-bond donors (Lipinski definition) is 4. The molecule has 5 heterocycles. The number of nitrogens with two attached hydrogens (primary N) is 1. The predicted molar refractivity (Wildman–Crippen MR) is 151 cm³/mol. The van der Waals surface area contributed by atoms with E-state index in [0.29, 0.717) is 23.6 Å². The molecular weight excluding hydrogens is 524 g/mol. The minimum absolute atomic E-state index is 0.0908. The summed E-state index contributed by atoms with van der Waals surface area (Å²) in [6.45, 7) is 8.74. The number of aliphatic hydroxyl groups excluding tert-OH is 1. The van der Waals surface area contributed by atoms with E-state index in [1.807, 2.05) is 4.90 Å². The summed E-state index contributed by atoms with van der Waals surface area (Å²) < 4.78 is 14.0. The number of hydrogen-bond acceptors (Lipinski definition) is 10. The Morgan fingerprint density at radius 3 is 2.78 bits per heavy atom. The van der Waals surface area contributed by atoms with Gasteiger partial charge >= 0.3 is 0 Å². The van der Waals surface area contributed by atoms with Crippen molar-refractivity contribution in [3.63, 3.8) is 0 Å². The van der Waals surface area contributed by atoms with Gasteiger partial charge in [-0.05, 0) is 48.3 Å². The molecule has 1 saturated carbocycles. The Kier molecular flexibility index (Phi) is 6.15. The first-order chi connectivity index (χ1) is 19.5. The van der Waals surface area contributed by atoms with E-state index in [2.05, 4.69) is 58.9 Å². The zero-order valence-electron chi connectivity index (χ0n) is 23.9. The van der Waals surface area contributed by atoms with E-state index in [1.165, 1.54) is 11.9 Å². The van der Waals surface area contributed by atoms with E-state index >= 15 is 0 Å². The van der Waals surface area contributed by atoms with Crippen LogP contribution in [0.2, 0.25) is 0 Å². The molecule has 1 aromatic carbocycles. The van der Waals surface area contributed by atoms with Crippen LogP contribution in [0, 0.1) is 5.92 Å². The number of imidazole rings is 2. The molecule has 3 fully saturated rings. The summed E-state index contributed by atoms with van der Waals surface area (Å²) >= 11 is 0. The van der Waals surface area contributed by atoms with Crippen molar-refractivity contribution in [3.05, 3.63) is 42.2 Å². The third-order valence-electron chi connectivity index (χ3n) is 9.08. The van der Waals surface area contributed by atoms with E-state index in [9.17, 15) is 10.2 Å². The van der Waals surface area contributed by atoms with Crippen molar-refractivity contribution in [1.29, 1.82) is 0 Å². The molecule has 41 heavy (non-hydrogen) atoms. The highest BCUT2D eigenvalue weighted by molar-refractivity contribution is 5.81. The molecule has 5 N–H and O–H groups in total. The highest BCUT2D eigenvalue weighted by Crippen LogP contribution is 2.44. The van der Waals surface area contributed by atoms with Gasteiger partial charge in [-0.1, -0.05) is 26.8 Å². The van der Waals surface area contributed by atoms with Crippen LogP contribution in [0.3, 0.4) is 0 Å². The Morgan fingerprint density at radius 2 is 2.00 bits per heavy atom. The van der Waals surface area contributed by atoms with Crippen molar-refractivity contribution in [2.24, 2.45) is 5.92 Å². The quantitative estimate of drug-likeness (QED) is 0.285. The van der Waals surface area contributed by atoms with Crippen LogP contribution in [0.4, 0.5) is 5.82 Å². The van der Waals surface area contributed by atoms with Gasteiger partial charge in [0.25, 0.3) is 0 Å². The second kappa shape index (κ2) is 9.43. The molecule has 2 aliphatic heterocycles. The fourth-order valence-electron chi connectivity index (χ4n) is 6.65. The van der Waals surface area contributed by atoms with Crippen LogP contribution in [0.15, 0.2) is 30.9 Å². The van der Waals surface area contributed by atoms with Gasteiger partial charge in [0.2, 0.25) is 5.91 Å². The lowest BCUT2D eigenvalue weighted by atomic mass is 9.76. The van der Waals surface area contributed by atoms with Crippen molar-refractivity contribution in [2.75, 3.05) is 12.3 Å². The van der Waals surface area contributed by atoms with E-state index in [-0.39, 0.29) is 17.3 Å². The number of nitrogen functional groups attached to an aromatic ring is 1. The Labute approximate surface area is 237 Å². The van der Waals surface area contributed by atoms with Crippen LogP contribution in [-0.4, -0.2) is 81.4 Å². The number of nitrogens with zero attached hydrogens (tertiary/aromatic N) is 6. The summed E-state index contributed by atoms with van der Waals surface area (Å²) in [4.78, 5) is 22.9. The van der Waals surface area contributed by atoms with Gasteiger partial charge in [-0.25, -0.2) is 24.8 Å². The van der Waals surface area contributed by atoms with Crippen LogP contribution in [0.5, 0.6) is 0 Å². The van der Waals surface area contributed by atoms with E-state index in [0.717, 1.165) is 42.5 Å². The Hall–Kier alpha value is -3.16. The minimum Gasteiger partial charge on any atom is -0.386 e. The van der Waals surface area contributed by atoms with Gasteiger partial charge in [0, 0.05) is 25.9 Å². The Bertz CT molecular complexity index is 1590. The largest absolute Gasteiger partial charge is 0.386 e. The van der Waals surface area contributed by atoms with Gasteiger partial charge in [0.1, 0.15) is 36.0 Å². The number of rotatable bonds is 5. The second-order valence-corrected chi connectivity index (χ2v) is 13.0. The topological polar surface area (TPSA) is 160 Å². The molecule has 218 valence electrons. The van der Waals surface area contributed by atoms with Crippen molar-refractivity contribution in [2.45, 2.75) is 95.3 Å². The molecule has 0 amide bonds. The molecule has 3 aromatic heterocycles. The molecule has 12 nitrogen and oxygen atoms in total. The first-order valence-corrected chi connectivity index (χ1v) is 14.4. The number of aryl methyl sites for hydroxylation is 1. The second-order valence-electron chi connectivity index (χ2n) is 13.0. The number of aromatic amines is 1. The van der Waals surface area contributed by atoms with Gasteiger partial charge in [-0.15, -0.1) is 0 Å². The number of anilines is 1. The third-order valence-corrected chi connectivity index (χ3v) is 9.08. The van der Waals surface area contributed by atoms with Crippen LogP contribution in [0.1, 0.15) is 64.6 Å². The van der Waals surface area contributed by atoms with E-state index in [1.54, 1.807) is 17.8 Å². The van der Waals surface area contributed by atoms with Crippen LogP contribution in [0.25, 0.3) is 22.2 Å². The SMILES string of the molecule is CC(C)(C)c1ccc2[nH]c(CCC3CC(N4C[C@H]5O[C@@H](n6cnc7c(N)ncnc76)[C@H](O)[C@@H]5OC4(C)O)C3)nc2c1. The van der Waals surface area contributed by atoms with Gasteiger partial charge in [-0.2, -0.15) is 0 Å². The number of nitrogens with one attached hydrogen (secondary N) is 1. The van der Waals surface area contributed by atoms with Crippen LogP contribution in [-0.2, 0) is 21.3 Å². The molecule has 2 saturated heterocycles. The van der Waals surface area contributed by atoms with Gasteiger partial charge < -0.3 is 30.4 Å². The lowest BCUT2D eigenvalue weighted by Crippen LogP contribution is -2.66.